The summed E-state index contributed by atoms with van der Waals surface area (Å²) in [5.41, 5.74) is 7.36. The van der Waals surface area contributed by atoms with Gasteiger partial charge in [0.15, 0.2) is 5.84 Å². The van der Waals surface area contributed by atoms with Crippen LogP contribution in [0.4, 0.5) is 5.69 Å². The molecule has 1 aromatic rings. The second kappa shape index (κ2) is 5.27. The highest BCUT2D eigenvalue weighted by atomic mass is 16.4. The van der Waals surface area contributed by atoms with Crippen LogP contribution in [0.25, 0.3) is 0 Å². The number of rotatable bonds is 4. The number of oxime groups is 1. The molecule has 0 aromatic heterocycles. The van der Waals surface area contributed by atoms with E-state index in [4.69, 9.17) is 10.9 Å². The van der Waals surface area contributed by atoms with E-state index in [-0.39, 0.29) is 5.84 Å². The second-order valence-electron chi connectivity index (χ2n) is 5.17. The van der Waals surface area contributed by atoms with Gasteiger partial charge in [-0.1, -0.05) is 16.8 Å². The van der Waals surface area contributed by atoms with Crippen molar-refractivity contribution in [3.63, 3.8) is 0 Å². The zero-order valence-corrected chi connectivity index (χ0v) is 11.3. The number of anilines is 1. The van der Waals surface area contributed by atoms with Gasteiger partial charge in [-0.3, -0.25) is 0 Å². The minimum absolute atomic E-state index is 0.0660. The lowest BCUT2D eigenvalue weighted by Crippen LogP contribution is -2.37. The van der Waals surface area contributed by atoms with Crippen molar-refractivity contribution in [2.24, 2.45) is 10.9 Å². The molecule has 0 radical (unpaired) electrons. The van der Waals surface area contributed by atoms with Crippen molar-refractivity contribution in [1.82, 2.24) is 0 Å². The van der Waals surface area contributed by atoms with Crippen molar-refractivity contribution in [3.8, 4) is 0 Å². The highest BCUT2D eigenvalue weighted by molar-refractivity contribution is 6.02. The predicted octanol–water partition coefficient (Wildman–Crippen LogP) is 1.30. The Labute approximate surface area is 108 Å². The predicted molar refractivity (Wildman–Crippen MR) is 73.3 cm³/mol. The average Bonchev–Trinajstić information content (AvgIpc) is 2.25. The number of hydrogen-bond acceptors (Lipinski definition) is 4. The van der Waals surface area contributed by atoms with E-state index in [1.807, 2.05) is 37.1 Å². The number of benzene rings is 1. The molecule has 5 heteroatoms. The number of amidine groups is 1. The monoisotopic (exact) mass is 251 g/mol. The van der Waals surface area contributed by atoms with Crippen LogP contribution in [0.3, 0.4) is 0 Å². The molecule has 0 aliphatic carbocycles. The molecule has 5 nitrogen and oxygen atoms in total. The highest BCUT2D eigenvalue weighted by Crippen LogP contribution is 2.22. The van der Waals surface area contributed by atoms with E-state index >= 15 is 0 Å². The van der Waals surface area contributed by atoms with E-state index in [1.54, 1.807) is 13.8 Å². The molecule has 1 rings (SSSR count). The van der Waals surface area contributed by atoms with E-state index in [0.29, 0.717) is 12.1 Å². The van der Waals surface area contributed by atoms with E-state index in [0.717, 1.165) is 11.3 Å². The Balaban J connectivity index is 3.16. The Morgan fingerprint density at radius 1 is 1.44 bits per heavy atom. The fourth-order valence-corrected chi connectivity index (χ4v) is 1.91. The summed E-state index contributed by atoms with van der Waals surface area (Å²) < 4.78 is 0. The van der Waals surface area contributed by atoms with E-state index in [2.05, 4.69) is 5.16 Å². The second-order valence-corrected chi connectivity index (χ2v) is 5.17. The van der Waals surface area contributed by atoms with Crippen LogP contribution < -0.4 is 10.6 Å². The van der Waals surface area contributed by atoms with Crippen molar-refractivity contribution in [1.29, 1.82) is 0 Å². The Morgan fingerprint density at radius 3 is 2.56 bits per heavy atom. The van der Waals surface area contributed by atoms with Gasteiger partial charge in [0, 0.05) is 24.8 Å². The third kappa shape index (κ3) is 3.63. The first-order chi connectivity index (χ1) is 8.24. The fourth-order valence-electron chi connectivity index (χ4n) is 1.91. The first-order valence-electron chi connectivity index (χ1n) is 5.76. The summed E-state index contributed by atoms with van der Waals surface area (Å²) in [5.74, 6) is 0.0660. The molecule has 0 aliphatic heterocycles. The lowest BCUT2D eigenvalue weighted by atomic mass is 10.1. The zero-order chi connectivity index (χ0) is 13.9. The van der Waals surface area contributed by atoms with E-state index < -0.39 is 5.60 Å². The molecule has 18 heavy (non-hydrogen) atoms. The quantitative estimate of drug-likeness (QED) is 0.326. The summed E-state index contributed by atoms with van der Waals surface area (Å²) in [6, 6.07) is 5.70. The van der Waals surface area contributed by atoms with Crippen LogP contribution in [0.15, 0.2) is 23.4 Å². The van der Waals surface area contributed by atoms with Crippen LogP contribution in [0.2, 0.25) is 0 Å². The van der Waals surface area contributed by atoms with Crippen LogP contribution in [-0.2, 0) is 0 Å². The van der Waals surface area contributed by atoms with Crippen LogP contribution in [0.5, 0.6) is 0 Å². The molecule has 0 saturated heterocycles. The summed E-state index contributed by atoms with van der Waals surface area (Å²) >= 11 is 0. The molecule has 0 atom stereocenters. The summed E-state index contributed by atoms with van der Waals surface area (Å²) in [4.78, 5) is 1.88. The molecule has 0 unspecified atom stereocenters. The molecule has 0 spiro atoms. The zero-order valence-electron chi connectivity index (χ0n) is 11.3. The number of aryl methyl sites for hydroxylation is 1. The Morgan fingerprint density at radius 2 is 2.06 bits per heavy atom. The normalized spacial score (nSPS) is 12.6. The van der Waals surface area contributed by atoms with Gasteiger partial charge in [-0.05, 0) is 32.9 Å². The smallest absolute Gasteiger partial charge is 0.172 e. The molecule has 4 N–H and O–H groups in total. The Bertz CT molecular complexity index is 450. The number of nitrogens with zero attached hydrogens (tertiary/aromatic N) is 2. The third-order valence-corrected chi connectivity index (χ3v) is 2.57. The van der Waals surface area contributed by atoms with Crippen molar-refractivity contribution >= 4 is 11.5 Å². The van der Waals surface area contributed by atoms with Gasteiger partial charge in [-0.25, -0.2) is 0 Å². The maximum absolute atomic E-state index is 9.84. The lowest BCUT2D eigenvalue weighted by molar-refractivity contribution is 0.0886. The van der Waals surface area contributed by atoms with Gasteiger partial charge in [0.2, 0.25) is 0 Å². The van der Waals surface area contributed by atoms with Crippen LogP contribution >= 0.6 is 0 Å². The van der Waals surface area contributed by atoms with Gasteiger partial charge in [0.05, 0.1) is 5.60 Å². The van der Waals surface area contributed by atoms with Gasteiger partial charge < -0.3 is 20.9 Å². The third-order valence-electron chi connectivity index (χ3n) is 2.57. The van der Waals surface area contributed by atoms with Crippen molar-refractivity contribution in [2.45, 2.75) is 26.4 Å². The van der Waals surface area contributed by atoms with Gasteiger partial charge in [0.1, 0.15) is 0 Å². The fraction of sp³-hybridized carbons (Fsp3) is 0.462. The number of aliphatic hydroxyl groups is 1. The maximum atomic E-state index is 9.84. The molecular weight excluding hydrogens is 230 g/mol. The van der Waals surface area contributed by atoms with Gasteiger partial charge in [-0.15, -0.1) is 0 Å². The number of nitrogens with two attached hydrogens (primary N) is 1. The minimum Gasteiger partial charge on any atom is -0.409 e. The number of hydrogen-bond donors (Lipinski definition) is 3. The van der Waals surface area contributed by atoms with Gasteiger partial charge in [-0.2, -0.15) is 0 Å². The van der Waals surface area contributed by atoms with Crippen LogP contribution in [0.1, 0.15) is 25.0 Å². The summed E-state index contributed by atoms with van der Waals surface area (Å²) in [6.45, 7) is 5.86. The molecular formula is C13H21N3O2. The molecule has 0 heterocycles. The Kier molecular flexibility index (Phi) is 4.19. The standard InChI is InChI=1S/C13H21N3O2/c1-9-5-6-11(10(7-9)12(14)15-18)16(4)8-13(2,3)17/h5-7,17-18H,8H2,1-4H3,(H2,14,15). The molecule has 0 fully saturated rings. The first-order valence-corrected chi connectivity index (χ1v) is 5.76. The topological polar surface area (TPSA) is 82.1 Å². The first kappa shape index (κ1) is 14.3. The molecule has 0 saturated carbocycles. The summed E-state index contributed by atoms with van der Waals surface area (Å²) in [6.07, 6.45) is 0. The molecule has 100 valence electrons. The van der Waals surface area contributed by atoms with E-state index in [1.165, 1.54) is 0 Å². The Hall–Kier alpha value is -1.75. The minimum atomic E-state index is -0.817. The van der Waals surface area contributed by atoms with Crippen LogP contribution in [-0.4, -0.2) is 35.3 Å². The van der Waals surface area contributed by atoms with Crippen LogP contribution in [0, 0.1) is 6.92 Å². The van der Waals surface area contributed by atoms with Crippen molar-refractivity contribution < 1.29 is 10.3 Å². The maximum Gasteiger partial charge on any atom is 0.172 e. The summed E-state index contributed by atoms with van der Waals surface area (Å²) in [7, 11) is 1.86. The molecule has 0 amide bonds. The van der Waals surface area contributed by atoms with Gasteiger partial charge in [0.25, 0.3) is 0 Å². The van der Waals surface area contributed by atoms with Crippen molar-refractivity contribution in [3.05, 3.63) is 29.3 Å². The summed E-state index contributed by atoms with van der Waals surface area (Å²) in [5, 5.41) is 21.7. The molecule has 0 bridgehead atoms. The molecule has 1 aromatic carbocycles. The van der Waals surface area contributed by atoms with E-state index in [9.17, 15) is 5.11 Å². The van der Waals surface area contributed by atoms with Gasteiger partial charge >= 0.3 is 0 Å². The largest absolute Gasteiger partial charge is 0.409 e. The highest BCUT2D eigenvalue weighted by Gasteiger charge is 2.19. The average molecular weight is 251 g/mol. The lowest BCUT2D eigenvalue weighted by Gasteiger charge is -2.28. The van der Waals surface area contributed by atoms with Crippen molar-refractivity contribution in [2.75, 3.05) is 18.5 Å². The SMILES string of the molecule is Cc1ccc(N(C)CC(C)(C)O)c(/C(N)=N/O)c1. The molecule has 0 aliphatic rings. The number of likely N-dealkylation sites (N-methyl/N-ethyl adjacent to an activating group) is 1.